The molecule has 0 fully saturated rings. The molecule has 0 amide bonds. The molecule has 1 aromatic heterocycles. The molecule has 66 valence electrons. The number of rotatable bonds is 3. The van der Waals surface area contributed by atoms with Gasteiger partial charge in [0.25, 0.3) is 0 Å². The van der Waals surface area contributed by atoms with E-state index in [1.165, 1.54) is 0 Å². The van der Waals surface area contributed by atoms with Crippen molar-refractivity contribution < 1.29 is 0 Å². The summed E-state index contributed by atoms with van der Waals surface area (Å²) in [7, 11) is 0. The molecule has 0 aliphatic heterocycles. The van der Waals surface area contributed by atoms with Crippen LogP contribution < -0.4 is 5.73 Å². The van der Waals surface area contributed by atoms with Gasteiger partial charge in [0.05, 0.1) is 0 Å². The van der Waals surface area contributed by atoms with E-state index in [0.29, 0.717) is 11.8 Å². The molecule has 0 spiro atoms. The molecule has 0 aliphatic rings. The summed E-state index contributed by atoms with van der Waals surface area (Å²) in [6.07, 6.45) is 3.66. The smallest absolute Gasteiger partial charge is 0.222 e. The molecule has 2 N–H and O–H groups in total. The molecule has 0 bridgehead atoms. The highest BCUT2D eigenvalue weighted by Crippen LogP contribution is 2.08. The lowest BCUT2D eigenvalue weighted by Gasteiger charge is -2.02. The Morgan fingerprint density at radius 3 is 2.92 bits per heavy atom. The minimum absolute atomic E-state index is 0.309. The summed E-state index contributed by atoms with van der Waals surface area (Å²) in [5.74, 6) is 0. The van der Waals surface area contributed by atoms with Crippen LogP contribution in [0.1, 0.15) is 17.7 Å². The highest BCUT2D eigenvalue weighted by Gasteiger charge is 2.00. The topological polar surface area (TPSA) is 51.8 Å². The molecule has 0 radical (unpaired) electrons. The van der Waals surface area contributed by atoms with Gasteiger partial charge in [-0.15, -0.1) is 0 Å². The van der Waals surface area contributed by atoms with Crippen molar-refractivity contribution >= 4 is 11.6 Å². The third-order valence-electron chi connectivity index (χ3n) is 1.70. The Morgan fingerprint density at radius 1 is 1.58 bits per heavy atom. The van der Waals surface area contributed by atoms with Crippen molar-refractivity contribution in [1.29, 1.82) is 0 Å². The highest BCUT2D eigenvalue weighted by atomic mass is 35.5. The number of hydrogen-bond acceptors (Lipinski definition) is 3. The Balaban J connectivity index is 2.72. The Hall–Kier alpha value is -0.670. The van der Waals surface area contributed by atoms with Gasteiger partial charge in [0.2, 0.25) is 5.28 Å². The average molecular weight is 186 g/mol. The molecule has 12 heavy (non-hydrogen) atoms. The van der Waals surface area contributed by atoms with Crippen molar-refractivity contribution in [3.8, 4) is 0 Å². The quantitative estimate of drug-likeness (QED) is 0.723. The van der Waals surface area contributed by atoms with Crippen molar-refractivity contribution in [2.24, 2.45) is 5.73 Å². The lowest BCUT2D eigenvalue weighted by molar-refractivity contribution is 0.814. The van der Waals surface area contributed by atoms with Crippen LogP contribution in [0.5, 0.6) is 0 Å². The summed E-state index contributed by atoms with van der Waals surface area (Å²) < 4.78 is 0. The van der Waals surface area contributed by atoms with Crippen LogP contribution in [-0.2, 0) is 6.42 Å². The Kier molecular flexibility index (Phi) is 3.44. The number of aryl methyl sites for hydroxylation is 2. The van der Waals surface area contributed by atoms with Gasteiger partial charge in [-0.25, -0.2) is 9.97 Å². The van der Waals surface area contributed by atoms with Gasteiger partial charge in [0, 0.05) is 11.9 Å². The molecule has 0 atom stereocenters. The normalized spacial score (nSPS) is 10.2. The largest absolute Gasteiger partial charge is 0.330 e. The fourth-order valence-corrected chi connectivity index (χ4v) is 1.18. The van der Waals surface area contributed by atoms with Crippen molar-refractivity contribution in [2.75, 3.05) is 6.54 Å². The second-order valence-corrected chi connectivity index (χ2v) is 2.98. The van der Waals surface area contributed by atoms with Crippen LogP contribution in [0.25, 0.3) is 0 Å². The third kappa shape index (κ3) is 2.43. The fraction of sp³-hybridized carbons (Fsp3) is 0.500. The summed E-state index contributed by atoms with van der Waals surface area (Å²) in [5.41, 5.74) is 7.47. The first-order valence-electron chi connectivity index (χ1n) is 3.92. The van der Waals surface area contributed by atoms with Gasteiger partial charge in [-0.3, -0.25) is 0 Å². The standard InChI is InChI=1S/C8H12ClN3/c1-6-7(3-2-4-10)5-11-8(9)12-6/h5H,2-4,10H2,1H3. The Morgan fingerprint density at radius 2 is 2.33 bits per heavy atom. The minimum Gasteiger partial charge on any atom is -0.330 e. The lowest BCUT2D eigenvalue weighted by Crippen LogP contribution is -2.02. The van der Waals surface area contributed by atoms with Crippen LogP contribution in [0.3, 0.4) is 0 Å². The van der Waals surface area contributed by atoms with E-state index in [1.807, 2.05) is 6.92 Å². The van der Waals surface area contributed by atoms with Gasteiger partial charge in [0.1, 0.15) is 0 Å². The van der Waals surface area contributed by atoms with Crippen molar-refractivity contribution in [3.05, 3.63) is 22.7 Å². The third-order valence-corrected chi connectivity index (χ3v) is 1.88. The van der Waals surface area contributed by atoms with Gasteiger partial charge < -0.3 is 5.73 Å². The van der Waals surface area contributed by atoms with Crippen LogP contribution in [0.15, 0.2) is 6.20 Å². The second kappa shape index (κ2) is 4.38. The van der Waals surface area contributed by atoms with Gasteiger partial charge in [-0.05, 0) is 43.5 Å². The van der Waals surface area contributed by atoms with Gasteiger partial charge in [0.15, 0.2) is 0 Å². The summed E-state index contributed by atoms with van der Waals surface area (Å²) in [5, 5.41) is 0.309. The zero-order chi connectivity index (χ0) is 8.97. The van der Waals surface area contributed by atoms with Crippen LogP contribution in [-0.4, -0.2) is 16.5 Å². The average Bonchev–Trinajstić information content (AvgIpc) is 2.03. The number of nitrogens with two attached hydrogens (primary N) is 1. The first-order chi connectivity index (χ1) is 5.74. The maximum atomic E-state index is 5.60. The van der Waals surface area contributed by atoms with Crippen LogP contribution in [0.2, 0.25) is 5.28 Å². The molecule has 0 aromatic carbocycles. The molecule has 1 aromatic rings. The van der Waals surface area contributed by atoms with E-state index in [9.17, 15) is 0 Å². The number of halogens is 1. The van der Waals surface area contributed by atoms with E-state index in [1.54, 1.807) is 6.20 Å². The molecular weight excluding hydrogens is 174 g/mol. The summed E-state index contributed by atoms with van der Waals surface area (Å²) in [6.45, 7) is 2.63. The molecule has 0 saturated carbocycles. The van der Waals surface area contributed by atoms with Gasteiger partial charge in [-0.1, -0.05) is 0 Å². The van der Waals surface area contributed by atoms with Crippen LogP contribution in [0, 0.1) is 6.92 Å². The molecule has 1 rings (SSSR count). The van der Waals surface area contributed by atoms with E-state index in [2.05, 4.69) is 9.97 Å². The maximum Gasteiger partial charge on any atom is 0.222 e. The highest BCUT2D eigenvalue weighted by molar-refractivity contribution is 6.28. The van der Waals surface area contributed by atoms with E-state index in [4.69, 9.17) is 17.3 Å². The minimum atomic E-state index is 0.309. The molecular formula is C8H12ClN3. The molecule has 4 heteroatoms. The number of hydrogen-bond donors (Lipinski definition) is 1. The predicted octanol–water partition coefficient (Wildman–Crippen LogP) is 1.33. The van der Waals surface area contributed by atoms with E-state index >= 15 is 0 Å². The monoisotopic (exact) mass is 185 g/mol. The van der Waals surface area contributed by atoms with Crippen molar-refractivity contribution in [2.45, 2.75) is 19.8 Å². The van der Waals surface area contributed by atoms with Crippen molar-refractivity contribution in [3.63, 3.8) is 0 Å². The van der Waals surface area contributed by atoms with E-state index in [-0.39, 0.29) is 0 Å². The Labute approximate surface area is 77.0 Å². The number of nitrogens with zero attached hydrogens (tertiary/aromatic N) is 2. The summed E-state index contributed by atoms with van der Waals surface area (Å²) in [4.78, 5) is 7.95. The molecule has 3 nitrogen and oxygen atoms in total. The number of aromatic nitrogens is 2. The zero-order valence-corrected chi connectivity index (χ0v) is 7.80. The van der Waals surface area contributed by atoms with E-state index in [0.717, 1.165) is 24.1 Å². The van der Waals surface area contributed by atoms with Crippen LogP contribution in [0.4, 0.5) is 0 Å². The SMILES string of the molecule is Cc1nc(Cl)ncc1CCCN. The van der Waals surface area contributed by atoms with Gasteiger partial charge in [-0.2, -0.15) is 0 Å². The van der Waals surface area contributed by atoms with Crippen LogP contribution >= 0.6 is 11.6 Å². The predicted molar refractivity (Wildman–Crippen MR) is 49.2 cm³/mol. The van der Waals surface area contributed by atoms with Gasteiger partial charge >= 0.3 is 0 Å². The lowest BCUT2D eigenvalue weighted by atomic mass is 10.1. The Bertz CT molecular complexity index is 262. The second-order valence-electron chi connectivity index (χ2n) is 2.64. The van der Waals surface area contributed by atoms with Crippen molar-refractivity contribution in [1.82, 2.24) is 9.97 Å². The molecule has 0 saturated heterocycles. The molecule has 1 heterocycles. The first-order valence-corrected chi connectivity index (χ1v) is 4.30. The fourth-order valence-electron chi connectivity index (χ4n) is 1.00. The first kappa shape index (κ1) is 9.42. The molecule has 0 aliphatic carbocycles. The maximum absolute atomic E-state index is 5.60. The van der Waals surface area contributed by atoms with E-state index < -0.39 is 0 Å². The molecule has 0 unspecified atom stereocenters. The zero-order valence-electron chi connectivity index (χ0n) is 7.05. The summed E-state index contributed by atoms with van der Waals surface area (Å²) >= 11 is 5.60. The summed E-state index contributed by atoms with van der Waals surface area (Å²) in [6, 6.07) is 0.